The number of carbonyl (C=O) groups excluding carboxylic acids is 1. The number of urea groups is 1. The first-order chi connectivity index (χ1) is 8.16. The van der Waals surface area contributed by atoms with E-state index in [0.717, 1.165) is 5.75 Å². The number of nitrogens with one attached hydrogen (secondary N) is 2. The second kappa shape index (κ2) is 5.08. The summed E-state index contributed by atoms with van der Waals surface area (Å²) in [6.07, 6.45) is 0. The highest BCUT2D eigenvalue weighted by Crippen LogP contribution is 2.32. The lowest BCUT2D eigenvalue weighted by atomic mass is 10.0. The van der Waals surface area contributed by atoms with Gasteiger partial charge in [-0.3, -0.25) is 0 Å². The number of amides is 2. The van der Waals surface area contributed by atoms with Gasteiger partial charge in [-0.05, 0) is 19.9 Å². The van der Waals surface area contributed by atoms with Crippen molar-refractivity contribution in [2.24, 2.45) is 0 Å². The number of rotatable bonds is 3. The van der Waals surface area contributed by atoms with E-state index in [4.69, 9.17) is 4.74 Å². The molecule has 2 N–H and O–H groups in total. The van der Waals surface area contributed by atoms with Crippen molar-refractivity contribution in [2.45, 2.75) is 25.8 Å². The maximum atomic E-state index is 11.5. The first kappa shape index (κ1) is 11.8. The molecule has 0 aromatic heterocycles. The van der Waals surface area contributed by atoms with Crippen LogP contribution in [0.4, 0.5) is 4.79 Å². The fourth-order valence-corrected chi connectivity index (χ4v) is 1.93. The fourth-order valence-electron chi connectivity index (χ4n) is 1.93. The third kappa shape index (κ3) is 2.90. The Morgan fingerprint density at radius 2 is 2.24 bits per heavy atom. The van der Waals surface area contributed by atoms with E-state index < -0.39 is 0 Å². The number of hydrogen-bond acceptors (Lipinski definition) is 2. The Labute approximate surface area is 101 Å². The van der Waals surface area contributed by atoms with Gasteiger partial charge in [0.2, 0.25) is 0 Å². The minimum Gasteiger partial charge on any atom is -0.493 e. The van der Waals surface area contributed by atoms with E-state index in [1.165, 1.54) is 5.56 Å². The second-order valence-electron chi connectivity index (χ2n) is 4.55. The molecule has 4 heteroatoms. The van der Waals surface area contributed by atoms with Crippen LogP contribution in [0.1, 0.15) is 25.3 Å². The van der Waals surface area contributed by atoms with Crippen molar-refractivity contribution >= 4 is 6.03 Å². The van der Waals surface area contributed by atoms with Gasteiger partial charge in [-0.25, -0.2) is 4.79 Å². The van der Waals surface area contributed by atoms with Gasteiger partial charge < -0.3 is 15.4 Å². The predicted octanol–water partition coefficient (Wildman–Crippen LogP) is 1.87. The van der Waals surface area contributed by atoms with Crippen LogP contribution in [0.5, 0.6) is 5.75 Å². The van der Waals surface area contributed by atoms with Crippen molar-refractivity contribution in [3.63, 3.8) is 0 Å². The molecule has 1 unspecified atom stereocenters. The molecular formula is C13H18N2O2. The lowest BCUT2D eigenvalue weighted by Crippen LogP contribution is -2.41. The number of para-hydroxylation sites is 1. The zero-order chi connectivity index (χ0) is 12.3. The molecule has 0 radical (unpaired) electrons. The number of benzene rings is 1. The maximum absolute atomic E-state index is 11.5. The quantitative estimate of drug-likeness (QED) is 0.838. The summed E-state index contributed by atoms with van der Waals surface area (Å²) in [5.74, 6) is 1.19. The van der Waals surface area contributed by atoms with Crippen LogP contribution in [0.3, 0.4) is 0 Å². The van der Waals surface area contributed by atoms with Gasteiger partial charge >= 0.3 is 6.03 Å². The van der Waals surface area contributed by atoms with Crippen LogP contribution < -0.4 is 15.4 Å². The molecule has 17 heavy (non-hydrogen) atoms. The van der Waals surface area contributed by atoms with Gasteiger partial charge in [0.15, 0.2) is 0 Å². The van der Waals surface area contributed by atoms with Gasteiger partial charge in [-0.1, -0.05) is 18.2 Å². The van der Waals surface area contributed by atoms with Gasteiger partial charge in [-0.15, -0.1) is 0 Å². The highest BCUT2D eigenvalue weighted by Gasteiger charge is 2.23. The Morgan fingerprint density at radius 1 is 1.47 bits per heavy atom. The number of hydrogen-bond donors (Lipinski definition) is 2. The Morgan fingerprint density at radius 3 is 3.00 bits per heavy atom. The smallest absolute Gasteiger partial charge is 0.315 e. The first-order valence-electron chi connectivity index (χ1n) is 5.93. The molecule has 92 valence electrons. The van der Waals surface area contributed by atoms with E-state index in [1.54, 1.807) is 0 Å². The molecule has 1 heterocycles. The van der Waals surface area contributed by atoms with E-state index in [9.17, 15) is 4.79 Å². The van der Waals surface area contributed by atoms with E-state index in [-0.39, 0.29) is 18.0 Å². The van der Waals surface area contributed by atoms with Crippen molar-refractivity contribution in [2.75, 3.05) is 13.2 Å². The van der Waals surface area contributed by atoms with Crippen molar-refractivity contribution in [3.05, 3.63) is 29.8 Å². The molecule has 0 saturated heterocycles. The Bertz CT molecular complexity index is 404. The molecule has 0 bridgehead atoms. The average molecular weight is 234 g/mol. The Balaban J connectivity index is 1.88. The third-order valence-corrected chi connectivity index (χ3v) is 2.73. The molecule has 0 saturated carbocycles. The summed E-state index contributed by atoms with van der Waals surface area (Å²) in [7, 11) is 0. The van der Waals surface area contributed by atoms with Crippen LogP contribution in [-0.2, 0) is 0 Å². The zero-order valence-electron chi connectivity index (χ0n) is 10.2. The third-order valence-electron chi connectivity index (χ3n) is 2.73. The van der Waals surface area contributed by atoms with Crippen LogP contribution in [0.2, 0.25) is 0 Å². The molecule has 1 aromatic carbocycles. The molecule has 2 amide bonds. The van der Waals surface area contributed by atoms with Gasteiger partial charge in [0, 0.05) is 24.1 Å². The minimum absolute atomic E-state index is 0.121. The molecule has 4 nitrogen and oxygen atoms in total. The van der Waals surface area contributed by atoms with Crippen LogP contribution in [0, 0.1) is 0 Å². The molecule has 0 aliphatic carbocycles. The highest BCUT2D eigenvalue weighted by atomic mass is 16.5. The monoisotopic (exact) mass is 234 g/mol. The normalized spacial score (nSPS) is 17.5. The van der Waals surface area contributed by atoms with E-state index >= 15 is 0 Å². The standard InChI is InChI=1S/C13H18N2O2/c1-9(2)15-13(16)14-7-10-8-17-12-6-4-3-5-11(10)12/h3-6,9-10H,7-8H2,1-2H3,(H2,14,15,16). The topological polar surface area (TPSA) is 50.4 Å². The molecule has 1 aliphatic rings. The summed E-state index contributed by atoms with van der Waals surface area (Å²) in [6, 6.07) is 8.00. The summed E-state index contributed by atoms with van der Waals surface area (Å²) < 4.78 is 5.55. The number of ether oxygens (including phenoxy) is 1. The molecule has 0 spiro atoms. The van der Waals surface area contributed by atoms with Crippen molar-refractivity contribution in [3.8, 4) is 5.75 Å². The van der Waals surface area contributed by atoms with Crippen molar-refractivity contribution in [1.29, 1.82) is 0 Å². The Kier molecular flexibility index (Phi) is 3.52. The fraction of sp³-hybridized carbons (Fsp3) is 0.462. The second-order valence-corrected chi connectivity index (χ2v) is 4.55. The van der Waals surface area contributed by atoms with Gasteiger partial charge in [0.25, 0.3) is 0 Å². The maximum Gasteiger partial charge on any atom is 0.315 e. The largest absolute Gasteiger partial charge is 0.493 e. The molecule has 2 rings (SSSR count). The highest BCUT2D eigenvalue weighted by molar-refractivity contribution is 5.74. The molecule has 1 atom stereocenters. The molecule has 1 aromatic rings. The molecule has 0 fully saturated rings. The predicted molar refractivity (Wildman–Crippen MR) is 66.3 cm³/mol. The van der Waals surface area contributed by atoms with Gasteiger partial charge in [0.05, 0.1) is 6.61 Å². The SMILES string of the molecule is CC(C)NC(=O)NCC1COc2ccccc21. The van der Waals surface area contributed by atoms with Crippen molar-refractivity contribution < 1.29 is 9.53 Å². The van der Waals surface area contributed by atoms with Crippen LogP contribution in [-0.4, -0.2) is 25.2 Å². The first-order valence-corrected chi connectivity index (χ1v) is 5.93. The minimum atomic E-state index is -0.121. The zero-order valence-corrected chi connectivity index (χ0v) is 10.2. The van der Waals surface area contributed by atoms with Gasteiger partial charge in [0.1, 0.15) is 5.75 Å². The summed E-state index contributed by atoms with van der Waals surface area (Å²) >= 11 is 0. The van der Waals surface area contributed by atoms with E-state index in [1.807, 2.05) is 32.0 Å². The molecule has 1 aliphatic heterocycles. The number of fused-ring (bicyclic) bond motifs is 1. The van der Waals surface area contributed by atoms with Crippen LogP contribution in [0.15, 0.2) is 24.3 Å². The van der Waals surface area contributed by atoms with Crippen LogP contribution in [0.25, 0.3) is 0 Å². The Hall–Kier alpha value is -1.71. The number of carbonyl (C=O) groups is 1. The lowest BCUT2D eigenvalue weighted by molar-refractivity contribution is 0.236. The summed E-state index contributed by atoms with van der Waals surface area (Å²) in [5.41, 5.74) is 1.18. The summed E-state index contributed by atoms with van der Waals surface area (Å²) in [4.78, 5) is 11.5. The average Bonchev–Trinajstić information content (AvgIpc) is 2.69. The van der Waals surface area contributed by atoms with E-state index in [0.29, 0.717) is 13.2 Å². The summed E-state index contributed by atoms with van der Waals surface area (Å²) in [6.45, 7) is 5.12. The van der Waals surface area contributed by atoms with Gasteiger partial charge in [-0.2, -0.15) is 0 Å². The van der Waals surface area contributed by atoms with E-state index in [2.05, 4.69) is 16.7 Å². The lowest BCUT2D eigenvalue weighted by Gasteiger charge is -2.13. The van der Waals surface area contributed by atoms with Crippen molar-refractivity contribution in [1.82, 2.24) is 10.6 Å². The van der Waals surface area contributed by atoms with Crippen LogP contribution >= 0.6 is 0 Å². The molecular weight excluding hydrogens is 216 g/mol. The summed E-state index contributed by atoms with van der Waals surface area (Å²) in [5, 5.41) is 5.67.